The van der Waals surface area contributed by atoms with Crippen LogP contribution in [-0.2, 0) is 6.18 Å². The van der Waals surface area contributed by atoms with Crippen LogP contribution in [0.25, 0.3) is 0 Å². The summed E-state index contributed by atoms with van der Waals surface area (Å²) in [6.45, 7) is -1.77. The maximum absolute atomic E-state index is 12.3. The van der Waals surface area contributed by atoms with E-state index in [0.29, 0.717) is 12.1 Å². The second kappa shape index (κ2) is 4.23. The van der Waals surface area contributed by atoms with Gasteiger partial charge in [-0.25, -0.2) is 0 Å². The van der Waals surface area contributed by atoms with Crippen molar-refractivity contribution < 1.29 is 31.1 Å². The van der Waals surface area contributed by atoms with Gasteiger partial charge in [0.1, 0.15) is 5.75 Å². The molecule has 0 aliphatic heterocycles. The first-order valence-electron chi connectivity index (χ1n) is 3.97. The molecule has 0 N–H and O–H groups in total. The topological polar surface area (TPSA) is 9.23 Å². The minimum atomic E-state index is -4.75. The Kier molecular flexibility index (Phi) is 3.35. The van der Waals surface area contributed by atoms with Gasteiger partial charge in [-0.05, 0) is 18.2 Å². The molecule has 0 heterocycles. The molecule has 1 aromatic rings. The molecule has 0 amide bonds. The van der Waals surface area contributed by atoms with E-state index in [2.05, 4.69) is 10.8 Å². The van der Waals surface area contributed by atoms with Crippen molar-refractivity contribution in [2.24, 2.45) is 0 Å². The third kappa shape index (κ3) is 3.63. The van der Waals surface area contributed by atoms with Crippen molar-refractivity contribution in [1.82, 2.24) is 0 Å². The van der Waals surface area contributed by atoms with Crippen molar-refractivity contribution in [2.75, 3.05) is 6.61 Å². The molecule has 16 heavy (non-hydrogen) atoms. The molecule has 0 atom stereocenters. The highest BCUT2D eigenvalue weighted by Crippen LogP contribution is 2.36. The molecule has 0 bridgehead atoms. The van der Waals surface area contributed by atoms with Crippen LogP contribution in [0.3, 0.4) is 0 Å². The van der Waals surface area contributed by atoms with E-state index in [-0.39, 0.29) is 0 Å². The Bertz CT molecular complexity index is 354. The molecule has 0 aliphatic rings. The first-order valence-corrected chi connectivity index (χ1v) is 3.97. The molecule has 0 saturated carbocycles. The van der Waals surface area contributed by atoms with Crippen LogP contribution in [0.5, 0.6) is 5.75 Å². The SMILES string of the molecule is FC(F)(F)COc1c[c]ccc1C(F)(F)F. The van der Waals surface area contributed by atoms with E-state index in [1.54, 1.807) is 0 Å². The van der Waals surface area contributed by atoms with Gasteiger partial charge in [0.2, 0.25) is 0 Å². The van der Waals surface area contributed by atoms with Gasteiger partial charge < -0.3 is 4.74 Å². The zero-order chi connectivity index (χ0) is 12.4. The predicted octanol–water partition coefficient (Wildman–Crippen LogP) is 3.45. The van der Waals surface area contributed by atoms with Crippen LogP contribution in [0.2, 0.25) is 0 Å². The number of alkyl halides is 6. The second-order valence-electron chi connectivity index (χ2n) is 2.82. The first-order chi connectivity index (χ1) is 7.20. The summed E-state index contributed by atoms with van der Waals surface area (Å²) in [6, 6.07) is 4.48. The highest BCUT2D eigenvalue weighted by molar-refractivity contribution is 5.35. The minimum Gasteiger partial charge on any atom is -0.483 e. The van der Waals surface area contributed by atoms with E-state index in [1.807, 2.05) is 0 Å². The van der Waals surface area contributed by atoms with Crippen LogP contribution in [0, 0.1) is 6.07 Å². The van der Waals surface area contributed by atoms with E-state index < -0.39 is 30.3 Å². The van der Waals surface area contributed by atoms with Crippen LogP contribution in [0.1, 0.15) is 5.56 Å². The maximum Gasteiger partial charge on any atom is 0.422 e. The molecule has 0 aromatic heterocycles. The third-order valence-electron chi connectivity index (χ3n) is 1.52. The van der Waals surface area contributed by atoms with Crippen LogP contribution >= 0.6 is 0 Å². The molecular weight excluding hydrogens is 238 g/mol. The lowest BCUT2D eigenvalue weighted by Crippen LogP contribution is -2.20. The number of ether oxygens (including phenoxy) is 1. The number of halogens is 6. The number of hydrogen-bond acceptors (Lipinski definition) is 1. The van der Waals surface area contributed by atoms with Gasteiger partial charge >= 0.3 is 12.4 Å². The molecule has 0 fully saturated rings. The molecule has 1 nitrogen and oxygen atoms in total. The average Bonchev–Trinajstić information content (AvgIpc) is 2.12. The van der Waals surface area contributed by atoms with Crippen LogP contribution in [0.4, 0.5) is 26.3 Å². The predicted molar refractivity (Wildman–Crippen MR) is 41.8 cm³/mol. The lowest BCUT2D eigenvalue weighted by molar-refractivity contribution is -0.158. The van der Waals surface area contributed by atoms with E-state index in [1.165, 1.54) is 0 Å². The van der Waals surface area contributed by atoms with Gasteiger partial charge in [0.25, 0.3) is 0 Å². The van der Waals surface area contributed by atoms with Crippen molar-refractivity contribution in [3.63, 3.8) is 0 Å². The molecule has 0 aliphatic carbocycles. The second-order valence-corrected chi connectivity index (χ2v) is 2.82. The van der Waals surface area contributed by atoms with Crippen LogP contribution in [0.15, 0.2) is 18.2 Å². The standard InChI is InChI=1S/C9H5F6O/c10-8(11,12)5-16-7-4-2-1-3-6(7)9(13,14)15/h1,3-4H,5H2. The summed E-state index contributed by atoms with van der Waals surface area (Å²) in [6.07, 6.45) is -9.44. The van der Waals surface area contributed by atoms with Gasteiger partial charge in [-0.3, -0.25) is 0 Å². The molecule has 1 radical (unpaired) electrons. The largest absolute Gasteiger partial charge is 0.483 e. The monoisotopic (exact) mass is 243 g/mol. The van der Waals surface area contributed by atoms with Crippen molar-refractivity contribution in [3.8, 4) is 5.75 Å². The fraction of sp³-hybridized carbons (Fsp3) is 0.333. The summed E-state index contributed by atoms with van der Waals surface area (Å²) >= 11 is 0. The van der Waals surface area contributed by atoms with Gasteiger partial charge in [-0.15, -0.1) is 0 Å². The van der Waals surface area contributed by atoms with E-state index >= 15 is 0 Å². The quantitative estimate of drug-likeness (QED) is 0.723. The molecular formula is C9H5F6O. The Balaban J connectivity index is 2.88. The van der Waals surface area contributed by atoms with Gasteiger partial charge in [-0.1, -0.05) is 6.07 Å². The minimum absolute atomic E-state index is 0.603. The zero-order valence-corrected chi connectivity index (χ0v) is 7.62. The first kappa shape index (κ1) is 12.7. The summed E-state index contributed by atoms with van der Waals surface area (Å²) < 4.78 is 76.2. The van der Waals surface area contributed by atoms with Crippen molar-refractivity contribution in [2.45, 2.75) is 12.4 Å². The molecule has 89 valence electrons. The molecule has 1 rings (SSSR count). The lowest BCUT2D eigenvalue weighted by atomic mass is 10.2. The molecule has 0 saturated heterocycles. The normalized spacial score (nSPS) is 12.6. The summed E-state index contributed by atoms with van der Waals surface area (Å²) in [7, 11) is 0. The van der Waals surface area contributed by atoms with Gasteiger partial charge in [0, 0.05) is 0 Å². The summed E-state index contributed by atoms with van der Waals surface area (Å²) in [4.78, 5) is 0. The van der Waals surface area contributed by atoms with Crippen molar-refractivity contribution >= 4 is 0 Å². The highest BCUT2D eigenvalue weighted by atomic mass is 19.4. The summed E-state index contributed by atoms with van der Waals surface area (Å²) in [5.41, 5.74) is -1.25. The lowest BCUT2D eigenvalue weighted by Gasteiger charge is -2.14. The Hall–Kier alpha value is -1.40. The fourth-order valence-electron chi connectivity index (χ4n) is 0.928. The van der Waals surface area contributed by atoms with Gasteiger partial charge in [0.15, 0.2) is 6.61 Å². The Morgan fingerprint density at radius 1 is 1.12 bits per heavy atom. The van der Waals surface area contributed by atoms with Gasteiger partial charge in [-0.2, -0.15) is 26.3 Å². The maximum atomic E-state index is 12.3. The summed E-state index contributed by atoms with van der Waals surface area (Å²) in [5, 5.41) is 0. The molecule has 7 heteroatoms. The fourth-order valence-corrected chi connectivity index (χ4v) is 0.928. The van der Waals surface area contributed by atoms with E-state index in [9.17, 15) is 26.3 Å². The zero-order valence-electron chi connectivity index (χ0n) is 7.62. The van der Waals surface area contributed by atoms with Crippen molar-refractivity contribution in [3.05, 3.63) is 29.8 Å². The number of benzene rings is 1. The summed E-state index contributed by atoms with van der Waals surface area (Å²) in [5.74, 6) is -0.882. The Morgan fingerprint density at radius 3 is 2.25 bits per heavy atom. The average molecular weight is 243 g/mol. The molecule has 1 aromatic carbocycles. The Morgan fingerprint density at radius 2 is 1.75 bits per heavy atom. The van der Waals surface area contributed by atoms with E-state index in [4.69, 9.17) is 0 Å². The van der Waals surface area contributed by atoms with E-state index in [0.717, 1.165) is 6.07 Å². The van der Waals surface area contributed by atoms with Crippen molar-refractivity contribution in [1.29, 1.82) is 0 Å². The third-order valence-corrected chi connectivity index (χ3v) is 1.52. The molecule has 0 unspecified atom stereocenters. The smallest absolute Gasteiger partial charge is 0.422 e. The van der Waals surface area contributed by atoms with Crippen LogP contribution < -0.4 is 4.74 Å². The van der Waals surface area contributed by atoms with Crippen LogP contribution in [-0.4, -0.2) is 12.8 Å². The Labute approximate surface area is 86.6 Å². The molecule has 0 spiro atoms. The number of hydrogen-bond donors (Lipinski definition) is 0. The highest BCUT2D eigenvalue weighted by Gasteiger charge is 2.35. The van der Waals surface area contributed by atoms with Gasteiger partial charge in [0.05, 0.1) is 5.56 Å². The number of rotatable bonds is 2.